The van der Waals surface area contributed by atoms with Gasteiger partial charge in [0.25, 0.3) is 0 Å². The zero-order valence-corrected chi connectivity index (χ0v) is 9.88. The minimum absolute atomic E-state index is 0.00515. The Morgan fingerprint density at radius 2 is 1.83 bits per heavy atom. The molecule has 0 radical (unpaired) electrons. The van der Waals surface area contributed by atoms with E-state index >= 15 is 0 Å². The first-order chi connectivity index (χ1) is 8.66. The zero-order valence-electron chi connectivity index (χ0n) is 9.88. The van der Waals surface area contributed by atoms with Crippen molar-refractivity contribution in [2.24, 2.45) is 0 Å². The minimum atomic E-state index is -0.909. The van der Waals surface area contributed by atoms with E-state index in [0.717, 1.165) is 5.56 Å². The maximum absolute atomic E-state index is 11.6. The van der Waals surface area contributed by atoms with E-state index in [4.69, 9.17) is 9.15 Å². The van der Waals surface area contributed by atoms with Gasteiger partial charge in [0.05, 0.1) is 0 Å². The molecule has 0 saturated heterocycles. The Balaban J connectivity index is 1.94. The Bertz CT molecular complexity index is 554. The van der Waals surface area contributed by atoms with E-state index in [0.29, 0.717) is 5.76 Å². The molecule has 0 aliphatic heterocycles. The lowest BCUT2D eigenvalue weighted by Crippen LogP contribution is -2.16. The summed E-state index contributed by atoms with van der Waals surface area (Å²) >= 11 is 0. The number of furan rings is 1. The summed E-state index contributed by atoms with van der Waals surface area (Å²) in [7, 11) is 0. The first-order valence-corrected chi connectivity index (χ1v) is 5.48. The van der Waals surface area contributed by atoms with Gasteiger partial charge in [-0.25, -0.2) is 4.79 Å². The lowest BCUT2D eigenvalue weighted by atomic mass is 10.2. The second-order valence-corrected chi connectivity index (χ2v) is 3.80. The summed E-state index contributed by atoms with van der Waals surface area (Å²) in [6.45, 7) is 1.77. The molecule has 0 aliphatic rings. The quantitative estimate of drug-likeness (QED) is 0.471. The minimum Gasteiger partial charge on any atom is -0.458 e. The normalized spacial score (nSPS) is 10.1. The fourth-order valence-electron chi connectivity index (χ4n) is 1.45. The standard InChI is InChI=1S/C14H12O4/c1-10-7-8-12(18-10)13(15)14(16)17-9-11-5-3-2-4-6-11/h2-8H,9H2,1H3. The van der Waals surface area contributed by atoms with Crippen LogP contribution in [0.5, 0.6) is 0 Å². The second kappa shape index (κ2) is 5.31. The molecule has 0 unspecified atom stereocenters. The maximum atomic E-state index is 11.6. The van der Waals surface area contributed by atoms with Crippen molar-refractivity contribution in [1.82, 2.24) is 0 Å². The van der Waals surface area contributed by atoms with Crippen molar-refractivity contribution in [3.05, 3.63) is 59.5 Å². The van der Waals surface area contributed by atoms with Crippen molar-refractivity contribution in [3.8, 4) is 0 Å². The number of carbonyl (C=O) groups excluding carboxylic acids is 2. The number of benzene rings is 1. The summed E-state index contributed by atoms with van der Waals surface area (Å²) in [5.41, 5.74) is 0.828. The van der Waals surface area contributed by atoms with E-state index in [1.807, 2.05) is 30.3 Å². The van der Waals surface area contributed by atoms with Gasteiger partial charge in [0.15, 0.2) is 5.76 Å². The van der Waals surface area contributed by atoms with E-state index in [9.17, 15) is 9.59 Å². The van der Waals surface area contributed by atoms with Crippen LogP contribution in [0.25, 0.3) is 0 Å². The fraction of sp³-hybridized carbons (Fsp3) is 0.143. The Morgan fingerprint density at radius 3 is 2.44 bits per heavy atom. The van der Waals surface area contributed by atoms with E-state index in [1.165, 1.54) is 6.07 Å². The third-order valence-electron chi connectivity index (χ3n) is 2.36. The molecular formula is C14H12O4. The van der Waals surface area contributed by atoms with Crippen LogP contribution in [0.15, 0.2) is 46.9 Å². The van der Waals surface area contributed by atoms with Gasteiger partial charge in [-0.15, -0.1) is 0 Å². The average molecular weight is 244 g/mol. The van der Waals surface area contributed by atoms with Crippen LogP contribution in [0, 0.1) is 6.92 Å². The van der Waals surface area contributed by atoms with Crippen molar-refractivity contribution in [2.45, 2.75) is 13.5 Å². The van der Waals surface area contributed by atoms with Crippen LogP contribution in [0.4, 0.5) is 0 Å². The number of hydrogen-bond donors (Lipinski definition) is 0. The monoisotopic (exact) mass is 244 g/mol. The Kier molecular flexibility index (Phi) is 3.57. The Hall–Kier alpha value is -2.36. The molecule has 92 valence electrons. The maximum Gasteiger partial charge on any atom is 0.383 e. The van der Waals surface area contributed by atoms with Crippen LogP contribution < -0.4 is 0 Å². The average Bonchev–Trinajstić information content (AvgIpc) is 2.83. The second-order valence-electron chi connectivity index (χ2n) is 3.80. The molecule has 0 fully saturated rings. The third kappa shape index (κ3) is 2.85. The Morgan fingerprint density at radius 1 is 1.11 bits per heavy atom. The van der Waals surface area contributed by atoms with Gasteiger partial charge in [-0.2, -0.15) is 0 Å². The highest BCUT2D eigenvalue weighted by Gasteiger charge is 2.21. The summed E-state index contributed by atoms with van der Waals surface area (Å²) in [4.78, 5) is 23.1. The van der Waals surface area contributed by atoms with Crippen molar-refractivity contribution >= 4 is 11.8 Å². The topological polar surface area (TPSA) is 56.5 Å². The largest absolute Gasteiger partial charge is 0.458 e. The van der Waals surface area contributed by atoms with Crippen molar-refractivity contribution in [3.63, 3.8) is 0 Å². The number of ether oxygens (including phenoxy) is 1. The predicted octanol–water partition coefficient (Wildman–Crippen LogP) is 2.51. The number of ketones is 1. The highest BCUT2D eigenvalue weighted by molar-refractivity contribution is 6.39. The predicted molar refractivity (Wildman–Crippen MR) is 64.0 cm³/mol. The van der Waals surface area contributed by atoms with Gasteiger partial charge in [-0.1, -0.05) is 30.3 Å². The number of rotatable bonds is 4. The van der Waals surface area contributed by atoms with Gasteiger partial charge in [0.1, 0.15) is 12.4 Å². The van der Waals surface area contributed by atoms with Gasteiger partial charge in [-0.05, 0) is 24.6 Å². The summed E-state index contributed by atoms with van der Waals surface area (Å²) in [5.74, 6) is -1.09. The van der Waals surface area contributed by atoms with Crippen molar-refractivity contribution in [2.75, 3.05) is 0 Å². The molecule has 0 amide bonds. The molecule has 0 bridgehead atoms. The molecular weight excluding hydrogens is 232 g/mol. The van der Waals surface area contributed by atoms with Crippen LogP contribution in [0.1, 0.15) is 21.9 Å². The molecule has 2 aromatic rings. The SMILES string of the molecule is Cc1ccc(C(=O)C(=O)OCc2ccccc2)o1. The molecule has 0 spiro atoms. The molecule has 4 nitrogen and oxygen atoms in total. The van der Waals surface area contributed by atoms with E-state index in [2.05, 4.69) is 0 Å². The summed E-state index contributed by atoms with van der Waals surface area (Å²) in [5, 5.41) is 0. The van der Waals surface area contributed by atoms with Crippen LogP contribution >= 0.6 is 0 Å². The molecule has 4 heteroatoms. The summed E-state index contributed by atoms with van der Waals surface area (Å²) in [6.07, 6.45) is 0. The van der Waals surface area contributed by atoms with E-state index < -0.39 is 11.8 Å². The van der Waals surface area contributed by atoms with Gasteiger partial charge >= 0.3 is 11.8 Å². The van der Waals surface area contributed by atoms with Gasteiger partial charge < -0.3 is 9.15 Å². The molecule has 18 heavy (non-hydrogen) atoms. The van der Waals surface area contributed by atoms with Gasteiger partial charge in [0, 0.05) is 0 Å². The van der Waals surface area contributed by atoms with Crippen molar-refractivity contribution < 1.29 is 18.7 Å². The van der Waals surface area contributed by atoms with Gasteiger partial charge in [0.2, 0.25) is 0 Å². The Labute approximate surface area is 104 Å². The van der Waals surface area contributed by atoms with Crippen molar-refractivity contribution in [1.29, 1.82) is 0 Å². The first-order valence-electron chi connectivity index (χ1n) is 5.48. The molecule has 0 N–H and O–H groups in total. The smallest absolute Gasteiger partial charge is 0.383 e. The molecule has 1 aromatic carbocycles. The third-order valence-corrected chi connectivity index (χ3v) is 2.36. The molecule has 0 aliphatic carbocycles. The van der Waals surface area contributed by atoms with E-state index in [-0.39, 0.29) is 12.4 Å². The molecule has 0 saturated carbocycles. The molecule has 1 heterocycles. The van der Waals surface area contributed by atoms with E-state index in [1.54, 1.807) is 13.0 Å². The highest BCUT2D eigenvalue weighted by atomic mass is 16.5. The van der Waals surface area contributed by atoms with Crippen LogP contribution in [0.3, 0.4) is 0 Å². The van der Waals surface area contributed by atoms with Crippen LogP contribution in [-0.4, -0.2) is 11.8 Å². The number of Topliss-reactive ketones (excluding diaryl/α,β-unsaturated/α-hetero) is 1. The summed E-state index contributed by atoms with van der Waals surface area (Å²) < 4.78 is 9.97. The number of carbonyl (C=O) groups is 2. The lowest BCUT2D eigenvalue weighted by molar-refractivity contribution is -0.139. The van der Waals surface area contributed by atoms with Gasteiger partial charge in [-0.3, -0.25) is 4.79 Å². The van der Waals surface area contributed by atoms with Crippen LogP contribution in [-0.2, 0) is 16.1 Å². The fourth-order valence-corrected chi connectivity index (χ4v) is 1.45. The lowest BCUT2D eigenvalue weighted by Gasteiger charge is -2.02. The molecule has 2 rings (SSSR count). The molecule has 1 aromatic heterocycles. The number of aryl methyl sites for hydroxylation is 1. The van der Waals surface area contributed by atoms with Crippen LogP contribution in [0.2, 0.25) is 0 Å². The number of esters is 1. The zero-order chi connectivity index (χ0) is 13.0. The first kappa shape index (κ1) is 12.1. The number of hydrogen-bond acceptors (Lipinski definition) is 4. The summed E-state index contributed by atoms with van der Waals surface area (Å²) in [6, 6.07) is 12.2. The highest BCUT2D eigenvalue weighted by Crippen LogP contribution is 2.09. The molecule has 0 atom stereocenters.